The van der Waals surface area contributed by atoms with Crippen molar-refractivity contribution in [1.82, 2.24) is 24.1 Å². The number of fused-ring (bicyclic) bond motifs is 1. The lowest BCUT2D eigenvalue weighted by Crippen LogP contribution is -2.43. The summed E-state index contributed by atoms with van der Waals surface area (Å²) in [6, 6.07) is 4.40. The topological polar surface area (TPSA) is 183 Å². The lowest BCUT2D eigenvalue weighted by Gasteiger charge is -2.33. The van der Waals surface area contributed by atoms with Crippen molar-refractivity contribution in [2.75, 3.05) is 26.3 Å². The highest BCUT2D eigenvalue weighted by Crippen LogP contribution is 2.33. The van der Waals surface area contributed by atoms with Gasteiger partial charge in [0, 0.05) is 20.1 Å². The molecular weight excluding hydrogens is 532 g/mol. The molecule has 4 rings (SSSR count). The zero-order chi connectivity index (χ0) is 28.3. The van der Waals surface area contributed by atoms with Crippen molar-refractivity contribution >= 4 is 21.1 Å². The van der Waals surface area contributed by atoms with Crippen LogP contribution in [0.15, 0.2) is 27.9 Å². The summed E-state index contributed by atoms with van der Waals surface area (Å²) in [5.41, 5.74) is 1.37. The van der Waals surface area contributed by atoms with Crippen molar-refractivity contribution in [1.29, 1.82) is 0 Å². The van der Waals surface area contributed by atoms with Crippen molar-refractivity contribution in [2.45, 2.75) is 50.5 Å². The minimum Gasteiger partial charge on any atom is -0.493 e. The molecule has 1 aliphatic rings. The molecule has 1 atom stereocenters. The van der Waals surface area contributed by atoms with E-state index in [0.717, 1.165) is 6.42 Å². The van der Waals surface area contributed by atoms with Crippen molar-refractivity contribution < 1.29 is 28.2 Å². The van der Waals surface area contributed by atoms with E-state index in [4.69, 9.17) is 4.74 Å². The molecule has 0 radical (unpaired) electrons. The number of H-pyrrole nitrogens is 1. The van der Waals surface area contributed by atoms with Crippen molar-refractivity contribution in [2.24, 2.45) is 13.0 Å². The van der Waals surface area contributed by atoms with Gasteiger partial charge in [0.15, 0.2) is 5.52 Å². The standard InChI is InChI=1S/C24H32N6O8S/c1-4-6-18-21-22(28(3)27-18)24(32)26-23(25-21)17-13-16(7-8-19(17)37-5-2)39(35,36)29-11-9-15(10-12-29)20(14-31)38-30(33)34/h7-8,13,15,20,31H,4-6,9-12,14H2,1-3H3,(H,25,26,32). The number of rotatable bonds is 11. The number of hydrogen-bond acceptors (Lipinski definition) is 10. The first-order valence-electron chi connectivity index (χ1n) is 12.8. The second-order valence-electron chi connectivity index (χ2n) is 9.31. The number of nitrogens with zero attached hydrogens (tertiary/aromatic N) is 5. The molecule has 1 aromatic carbocycles. The molecule has 3 heterocycles. The minimum absolute atomic E-state index is 0.0117. The molecule has 212 valence electrons. The average molecular weight is 565 g/mol. The normalized spacial score (nSPS) is 15.9. The van der Waals surface area contributed by atoms with Gasteiger partial charge in [-0.15, -0.1) is 10.1 Å². The Hall–Kier alpha value is -3.56. The van der Waals surface area contributed by atoms with E-state index in [1.54, 1.807) is 14.0 Å². The zero-order valence-corrected chi connectivity index (χ0v) is 22.8. The molecule has 3 aromatic rings. The number of aromatic amines is 1. The molecule has 1 saturated heterocycles. The van der Waals surface area contributed by atoms with Crippen LogP contribution in [0, 0.1) is 16.0 Å². The highest BCUT2D eigenvalue weighted by atomic mass is 32.2. The fraction of sp³-hybridized carbons (Fsp3) is 0.542. The Morgan fingerprint density at radius 3 is 2.62 bits per heavy atom. The predicted octanol–water partition coefficient (Wildman–Crippen LogP) is 1.64. The molecule has 1 aliphatic heterocycles. The first kappa shape index (κ1) is 28.4. The van der Waals surface area contributed by atoms with E-state index in [0.29, 0.717) is 41.1 Å². The molecule has 2 aromatic heterocycles. The van der Waals surface area contributed by atoms with Gasteiger partial charge in [0.1, 0.15) is 23.2 Å². The molecule has 14 nitrogen and oxygen atoms in total. The number of aromatic nitrogens is 4. The summed E-state index contributed by atoms with van der Waals surface area (Å²) in [5.74, 6) is 0.168. The lowest BCUT2D eigenvalue weighted by atomic mass is 9.92. The number of hydrogen-bond donors (Lipinski definition) is 2. The van der Waals surface area contributed by atoms with Gasteiger partial charge in [-0.2, -0.15) is 9.40 Å². The molecule has 0 saturated carbocycles. The van der Waals surface area contributed by atoms with E-state index in [1.807, 2.05) is 6.92 Å². The Labute approximate surface area is 224 Å². The predicted molar refractivity (Wildman–Crippen MR) is 140 cm³/mol. The summed E-state index contributed by atoms with van der Waals surface area (Å²) in [7, 11) is -2.29. The number of aliphatic hydroxyl groups excluding tert-OH is 1. The third kappa shape index (κ3) is 5.74. The fourth-order valence-electron chi connectivity index (χ4n) is 4.93. The summed E-state index contributed by atoms with van der Waals surface area (Å²) < 4.78 is 35.7. The third-order valence-corrected chi connectivity index (χ3v) is 8.71. The number of aryl methyl sites for hydroxylation is 2. The van der Waals surface area contributed by atoms with Crippen LogP contribution in [0.3, 0.4) is 0 Å². The first-order valence-corrected chi connectivity index (χ1v) is 14.2. The number of nitrogens with one attached hydrogen (secondary N) is 1. The molecule has 39 heavy (non-hydrogen) atoms. The van der Waals surface area contributed by atoms with Gasteiger partial charge in [-0.05, 0) is 50.3 Å². The number of piperidine rings is 1. The molecule has 15 heteroatoms. The quantitative estimate of drug-likeness (QED) is 0.256. The van der Waals surface area contributed by atoms with Crippen molar-refractivity contribution in [3.8, 4) is 17.1 Å². The van der Waals surface area contributed by atoms with Gasteiger partial charge in [-0.1, -0.05) is 13.3 Å². The summed E-state index contributed by atoms with van der Waals surface area (Å²) in [6.07, 6.45) is 0.996. The number of aliphatic hydroxyl groups is 1. The molecule has 0 spiro atoms. The van der Waals surface area contributed by atoms with Gasteiger partial charge >= 0.3 is 0 Å². The number of sulfonamides is 1. The maximum absolute atomic E-state index is 13.6. The van der Waals surface area contributed by atoms with E-state index < -0.39 is 33.4 Å². The Morgan fingerprint density at radius 1 is 1.28 bits per heavy atom. The largest absolute Gasteiger partial charge is 0.493 e. The van der Waals surface area contributed by atoms with Crippen LogP contribution in [0.5, 0.6) is 5.75 Å². The monoisotopic (exact) mass is 564 g/mol. The number of ether oxygens (including phenoxy) is 1. The van der Waals surface area contributed by atoms with Crippen LogP contribution in [0.1, 0.15) is 38.8 Å². The van der Waals surface area contributed by atoms with Crippen LogP contribution >= 0.6 is 0 Å². The second-order valence-corrected chi connectivity index (χ2v) is 11.3. The van der Waals surface area contributed by atoms with Gasteiger partial charge < -0.3 is 19.7 Å². The maximum atomic E-state index is 13.6. The average Bonchev–Trinajstić information content (AvgIpc) is 3.23. The molecular formula is C24H32N6O8S. The van der Waals surface area contributed by atoms with Crippen LogP contribution < -0.4 is 10.3 Å². The highest BCUT2D eigenvalue weighted by Gasteiger charge is 2.34. The van der Waals surface area contributed by atoms with Gasteiger partial charge in [0.2, 0.25) is 10.0 Å². The van der Waals surface area contributed by atoms with Crippen molar-refractivity contribution in [3.63, 3.8) is 0 Å². The Balaban J connectivity index is 1.69. The molecule has 1 unspecified atom stereocenters. The minimum atomic E-state index is -3.96. The van der Waals surface area contributed by atoms with Crippen LogP contribution in [0.25, 0.3) is 22.4 Å². The van der Waals surface area contributed by atoms with Gasteiger partial charge in [-0.3, -0.25) is 9.48 Å². The summed E-state index contributed by atoms with van der Waals surface area (Å²) in [4.78, 5) is 35.7. The first-order chi connectivity index (χ1) is 18.6. The smallest absolute Gasteiger partial charge is 0.294 e. The molecule has 0 bridgehead atoms. The van der Waals surface area contributed by atoms with E-state index in [-0.39, 0.29) is 42.6 Å². The van der Waals surface area contributed by atoms with Crippen LogP contribution in [0.2, 0.25) is 0 Å². The lowest BCUT2D eigenvalue weighted by molar-refractivity contribution is -0.771. The summed E-state index contributed by atoms with van der Waals surface area (Å²) >= 11 is 0. The van der Waals surface area contributed by atoms with Crippen LogP contribution in [-0.4, -0.2) is 75.1 Å². The van der Waals surface area contributed by atoms with E-state index in [1.165, 1.54) is 27.2 Å². The molecule has 2 N–H and O–H groups in total. The SMILES string of the molecule is CCCc1nn(C)c2c(=O)[nH]c(-c3cc(S(=O)(=O)N4CCC(C(CO)O[N+](=O)[O-])CC4)ccc3OCC)nc12. The third-order valence-electron chi connectivity index (χ3n) is 6.82. The summed E-state index contributed by atoms with van der Waals surface area (Å²) in [5, 5.41) is 23.7. The van der Waals surface area contributed by atoms with E-state index >= 15 is 0 Å². The Morgan fingerprint density at radius 2 is 2.00 bits per heavy atom. The number of benzene rings is 1. The van der Waals surface area contributed by atoms with Crippen LogP contribution in [-0.2, 0) is 28.3 Å². The fourth-order valence-corrected chi connectivity index (χ4v) is 6.43. The van der Waals surface area contributed by atoms with Crippen molar-refractivity contribution in [3.05, 3.63) is 44.4 Å². The zero-order valence-electron chi connectivity index (χ0n) is 22.0. The van der Waals surface area contributed by atoms with Crippen LogP contribution in [0.4, 0.5) is 0 Å². The Bertz CT molecular complexity index is 1510. The van der Waals surface area contributed by atoms with E-state index in [2.05, 4.69) is 19.9 Å². The molecule has 1 fully saturated rings. The maximum Gasteiger partial charge on any atom is 0.294 e. The van der Waals surface area contributed by atoms with Gasteiger partial charge in [0.05, 0.1) is 29.4 Å². The second kappa shape index (κ2) is 11.7. The highest BCUT2D eigenvalue weighted by molar-refractivity contribution is 7.89. The molecule has 0 aliphatic carbocycles. The Kier molecular flexibility index (Phi) is 8.51. The van der Waals surface area contributed by atoms with E-state index in [9.17, 15) is 28.4 Å². The van der Waals surface area contributed by atoms with Gasteiger partial charge in [0.25, 0.3) is 10.6 Å². The summed E-state index contributed by atoms with van der Waals surface area (Å²) in [6.45, 7) is 3.77. The molecule has 0 amide bonds. The van der Waals surface area contributed by atoms with Gasteiger partial charge in [-0.25, -0.2) is 13.4 Å².